The van der Waals surface area contributed by atoms with Crippen molar-refractivity contribution in [3.8, 4) is 0 Å². The van der Waals surface area contributed by atoms with Crippen LogP contribution in [0.4, 0.5) is 0 Å². The highest BCUT2D eigenvalue weighted by Crippen LogP contribution is 2.21. The minimum Gasteiger partial charge on any atom is -0.316 e. The Morgan fingerprint density at radius 1 is 1.05 bits per heavy atom. The zero-order chi connectivity index (χ0) is 13.8. The standard InChI is InChI=1S/C16H33N3/c1-13(2)19-6-5-16(12-19)11-18-9-14(3)7-17-8-15(4)10-18/h13-17H,5-12H2,1-4H3. The molecule has 0 amide bonds. The topological polar surface area (TPSA) is 18.5 Å². The molecule has 0 aromatic carbocycles. The van der Waals surface area contributed by atoms with Crippen LogP contribution in [0.5, 0.6) is 0 Å². The predicted molar refractivity (Wildman–Crippen MR) is 82.5 cm³/mol. The Balaban J connectivity index is 1.82. The zero-order valence-corrected chi connectivity index (χ0v) is 13.4. The second-order valence-electron chi connectivity index (χ2n) is 7.33. The van der Waals surface area contributed by atoms with Crippen LogP contribution in [0.1, 0.15) is 34.1 Å². The molecule has 2 aliphatic rings. The highest BCUT2D eigenvalue weighted by Gasteiger charge is 2.27. The molecule has 0 aromatic heterocycles. The van der Waals surface area contributed by atoms with E-state index in [2.05, 4.69) is 42.8 Å². The first kappa shape index (κ1) is 15.3. The molecule has 3 heteroatoms. The van der Waals surface area contributed by atoms with Gasteiger partial charge in [-0.2, -0.15) is 0 Å². The maximum Gasteiger partial charge on any atom is 0.00387 e. The molecular formula is C16H33N3. The third-order valence-corrected chi connectivity index (χ3v) is 4.69. The van der Waals surface area contributed by atoms with Crippen LogP contribution >= 0.6 is 0 Å². The van der Waals surface area contributed by atoms with Crippen LogP contribution in [0.3, 0.4) is 0 Å². The average Bonchev–Trinajstić information content (AvgIpc) is 2.75. The Morgan fingerprint density at radius 3 is 2.21 bits per heavy atom. The summed E-state index contributed by atoms with van der Waals surface area (Å²) in [6.07, 6.45) is 1.40. The van der Waals surface area contributed by atoms with Crippen LogP contribution in [0.15, 0.2) is 0 Å². The minimum atomic E-state index is 0.722. The summed E-state index contributed by atoms with van der Waals surface area (Å²) in [4.78, 5) is 5.38. The zero-order valence-electron chi connectivity index (χ0n) is 13.4. The van der Waals surface area contributed by atoms with Crippen molar-refractivity contribution < 1.29 is 0 Å². The van der Waals surface area contributed by atoms with Gasteiger partial charge in [0.25, 0.3) is 0 Å². The molecule has 0 spiro atoms. The lowest BCUT2D eigenvalue weighted by molar-refractivity contribution is 0.158. The number of hydrogen-bond donors (Lipinski definition) is 1. The average molecular weight is 267 g/mol. The molecule has 3 nitrogen and oxygen atoms in total. The third kappa shape index (κ3) is 4.73. The molecule has 2 aliphatic heterocycles. The molecule has 0 saturated carbocycles. The molecule has 112 valence electrons. The second-order valence-corrected chi connectivity index (χ2v) is 7.33. The number of likely N-dealkylation sites (tertiary alicyclic amines) is 1. The van der Waals surface area contributed by atoms with E-state index in [1.165, 1.54) is 52.2 Å². The Bertz CT molecular complexity index is 255. The van der Waals surface area contributed by atoms with Crippen molar-refractivity contribution in [2.75, 3.05) is 45.8 Å². The van der Waals surface area contributed by atoms with Crippen LogP contribution in [0.2, 0.25) is 0 Å². The van der Waals surface area contributed by atoms with Gasteiger partial charge in [-0.15, -0.1) is 0 Å². The molecule has 3 atom stereocenters. The van der Waals surface area contributed by atoms with Gasteiger partial charge >= 0.3 is 0 Å². The highest BCUT2D eigenvalue weighted by molar-refractivity contribution is 4.82. The maximum absolute atomic E-state index is 3.59. The van der Waals surface area contributed by atoms with E-state index < -0.39 is 0 Å². The fraction of sp³-hybridized carbons (Fsp3) is 1.00. The predicted octanol–water partition coefficient (Wildman–Crippen LogP) is 1.89. The SMILES string of the molecule is CC1CNCC(C)CN(CC2CCN(C(C)C)C2)C1. The largest absolute Gasteiger partial charge is 0.316 e. The van der Waals surface area contributed by atoms with Crippen molar-refractivity contribution in [2.45, 2.75) is 40.2 Å². The second kappa shape index (κ2) is 7.05. The van der Waals surface area contributed by atoms with Crippen LogP contribution in [-0.2, 0) is 0 Å². The van der Waals surface area contributed by atoms with Gasteiger partial charge in [0.05, 0.1) is 0 Å². The van der Waals surface area contributed by atoms with E-state index in [4.69, 9.17) is 0 Å². The van der Waals surface area contributed by atoms with Crippen molar-refractivity contribution in [1.29, 1.82) is 0 Å². The van der Waals surface area contributed by atoms with Crippen molar-refractivity contribution in [3.63, 3.8) is 0 Å². The molecule has 2 heterocycles. The fourth-order valence-electron chi connectivity index (χ4n) is 3.66. The smallest absolute Gasteiger partial charge is 0.00387 e. The quantitative estimate of drug-likeness (QED) is 0.842. The molecular weight excluding hydrogens is 234 g/mol. The first-order chi connectivity index (χ1) is 9.04. The van der Waals surface area contributed by atoms with Gasteiger partial charge in [-0.05, 0) is 57.7 Å². The number of rotatable bonds is 3. The molecule has 19 heavy (non-hydrogen) atoms. The lowest BCUT2D eigenvalue weighted by atomic mass is 10.0. The molecule has 2 rings (SSSR count). The third-order valence-electron chi connectivity index (χ3n) is 4.69. The van der Waals surface area contributed by atoms with E-state index in [1.54, 1.807) is 0 Å². The minimum absolute atomic E-state index is 0.722. The van der Waals surface area contributed by atoms with E-state index >= 15 is 0 Å². The molecule has 2 saturated heterocycles. The summed E-state index contributed by atoms with van der Waals surface area (Å²) in [6, 6.07) is 0.722. The monoisotopic (exact) mass is 267 g/mol. The summed E-state index contributed by atoms with van der Waals surface area (Å²) < 4.78 is 0. The Kier molecular flexibility index (Phi) is 5.67. The van der Waals surface area contributed by atoms with Crippen molar-refractivity contribution in [1.82, 2.24) is 15.1 Å². The Hall–Kier alpha value is -0.120. The van der Waals surface area contributed by atoms with E-state index in [1.807, 2.05) is 0 Å². The van der Waals surface area contributed by atoms with Gasteiger partial charge in [0.15, 0.2) is 0 Å². The number of nitrogens with zero attached hydrogens (tertiary/aromatic N) is 2. The van der Waals surface area contributed by atoms with Crippen LogP contribution in [0, 0.1) is 17.8 Å². The summed E-state index contributed by atoms with van der Waals surface area (Å²) in [5, 5.41) is 3.59. The fourth-order valence-corrected chi connectivity index (χ4v) is 3.66. The van der Waals surface area contributed by atoms with Crippen molar-refractivity contribution in [3.05, 3.63) is 0 Å². The van der Waals surface area contributed by atoms with Crippen LogP contribution in [0.25, 0.3) is 0 Å². The van der Waals surface area contributed by atoms with Gasteiger partial charge in [-0.25, -0.2) is 0 Å². The summed E-state index contributed by atoms with van der Waals surface area (Å²) in [5.74, 6) is 2.47. The van der Waals surface area contributed by atoms with E-state index in [0.29, 0.717) is 0 Å². The van der Waals surface area contributed by atoms with Crippen LogP contribution in [-0.4, -0.2) is 61.7 Å². The number of hydrogen-bond acceptors (Lipinski definition) is 3. The molecule has 1 N–H and O–H groups in total. The van der Waals surface area contributed by atoms with E-state index in [9.17, 15) is 0 Å². The lowest BCUT2D eigenvalue weighted by Gasteiger charge is -2.33. The van der Waals surface area contributed by atoms with Gasteiger partial charge in [-0.1, -0.05) is 13.8 Å². The van der Waals surface area contributed by atoms with Gasteiger partial charge < -0.3 is 15.1 Å². The first-order valence-electron chi connectivity index (χ1n) is 8.21. The molecule has 0 aliphatic carbocycles. The summed E-state index contributed by atoms with van der Waals surface area (Å²) in [7, 11) is 0. The first-order valence-corrected chi connectivity index (χ1v) is 8.21. The molecule has 3 unspecified atom stereocenters. The summed E-state index contributed by atoms with van der Waals surface area (Å²) in [6.45, 7) is 18.3. The Labute approximate surface area is 119 Å². The summed E-state index contributed by atoms with van der Waals surface area (Å²) >= 11 is 0. The highest BCUT2D eigenvalue weighted by atomic mass is 15.2. The van der Waals surface area contributed by atoms with E-state index in [-0.39, 0.29) is 0 Å². The molecule has 0 bridgehead atoms. The van der Waals surface area contributed by atoms with Gasteiger partial charge in [0.2, 0.25) is 0 Å². The molecule has 2 fully saturated rings. The van der Waals surface area contributed by atoms with Gasteiger partial charge in [0, 0.05) is 32.2 Å². The summed E-state index contributed by atoms with van der Waals surface area (Å²) in [5.41, 5.74) is 0. The Morgan fingerprint density at radius 2 is 1.68 bits per heavy atom. The normalized spacial score (nSPS) is 35.5. The number of nitrogens with one attached hydrogen (secondary N) is 1. The van der Waals surface area contributed by atoms with Crippen molar-refractivity contribution >= 4 is 0 Å². The maximum atomic E-state index is 3.59. The molecule has 0 radical (unpaired) electrons. The van der Waals surface area contributed by atoms with E-state index in [0.717, 1.165) is 23.8 Å². The van der Waals surface area contributed by atoms with Gasteiger partial charge in [0.1, 0.15) is 0 Å². The van der Waals surface area contributed by atoms with Crippen LogP contribution < -0.4 is 5.32 Å². The van der Waals surface area contributed by atoms with Crippen molar-refractivity contribution in [2.24, 2.45) is 17.8 Å². The molecule has 0 aromatic rings. The van der Waals surface area contributed by atoms with Gasteiger partial charge in [-0.3, -0.25) is 0 Å². The lowest BCUT2D eigenvalue weighted by Crippen LogP contribution is -2.44.